The Bertz CT molecular complexity index is 1130. The molecular weight excluding hydrogens is 332 g/mol. The molecule has 0 N–H and O–H groups in total. The molecule has 116 valence electrons. The molecular formula is C21H14OS2. The number of fused-ring (bicyclic) bond motifs is 7. The molecule has 1 nitrogen and oxygen atoms in total. The zero-order valence-corrected chi connectivity index (χ0v) is 14.5. The first-order chi connectivity index (χ1) is 11.8. The standard InChI is InChI=1S/C21H14OS2/c22-24-13-23-18-11-9-14-5-1-3-7-16(14)20(18)21-17-8-4-2-6-15(17)10-12-19(21)24/h1-12H,13H2. The average Bonchev–Trinajstić information content (AvgIpc) is 2.79. The minimum absolute atomic E-state index is 0.608. The van der Waals surface area contributed by atoms with E-state index in [9.17, 15) is 4.21 Å². The van der Waals surface area contributed by atoms with Crippen LogP contribution in [0.5, 0.6) is 0 Å². The van der Waals surface area contributed by atoms with Gasteiger partial charge in [0.2, 0.25) is 0 Å². The van der Waals surface area contributed by atoms with E-state index >= 15 is 0 Å². The number of rotatable bonds is 0. The Hall–Kier alpha value is -2.10. The van der Waals surface area contributed by atoms with Gasteiger partial charge in [-0.2, -0.15) is 0 Å². The van der Waals surface area contributed by atoms with Crippen LogP contribution in [0.15, 0.2) is 82.6 Å². The molecule has 4 aromatic carbocycles. The molecule has 0 fully saturated rings. The van der Waals surface area contributed by atoms with Gasteiger partial charge in [-0.1, -0.05) is 60.7 Å². The highest BCUT2D eigenvalue weighted by molar-refractivity contribution is 8.10. The van der Waals surface area contributed by atoms with Crippen molar-refractivity contribution in [3.63, 3.8) is 0 Å². The molecule has 24 heavy (non-hydrogen) atoms. The van der Waals surface area contributed by atoms with Crippen LogP contribution in [0.1, 0.15) is 0 Å². The fourth-order valence-electron chi connectivity index (χ4n) is 3.51. The maximum atomic E-state index is 12.8. The average molecular weight is 346 g/mol. The van der Waals surface area contributed by atoms with Crippen LogP contribution in [0.25, 0.3) is 32.7 Å². The summed E-state index contributed by atoms with van der Waals surface area (Å²) in [5.74, 6) is 0. The maximum absolute atomic E-state index is 12.8. The van der Waals surface area contributed by atoms with E-state index < -0.39 is 10.8 Å². The zero-order valence-electron chi connectivity index (χ0n) is 12.9. The molecule has 1 atom stereocenters. The summed E-state index contributed by atoms with van der Waals surface area (Å²) in [4.78, 5) is 2.17. The summed E-state index contributed by atoms with van der Waals surface area (Å²) in [6.45, 7) is 0. The zero-order chi connectivity index (χ0) is 16.1. The van der Waals surface area contributed by atoms with E-state index in [1.54, 1.807) is 11.8 Å². The second-order valence-electron chi connectivity index (χ2n) is 5.93. The van der Waals surface area contributed by atoms with Crippen molar-refractivity contribution in [2.24, 2.45) is 0 Å². The summed E-state index contributed by atoms with van der Waals surface area (Å²) in [7, 11) is -0.995. The molecule has 4 aromatic rings. The molecule has 1 unspecified atom stereocenters. The van der Waals surface area contributed by atoms with Gasteiger partial charge in [-0.25, -0.2) is 0 Å². The molecule has 1 heterocycles. The normalized spacial score (nSPS) is 16.6. The van der Waals surface area contributed by atoms with Gasteiger partial charge in [0.25, 0.3) is 0 Å². The highest BCUT2D eigenvalue weighted by Gasteiger charge is 2.23. The number of thioether (sulfide) groups is 1. The van der Waals surface area contributed by atoms with E-state index in [4.69, 9.17) is 0 Å². The van der Waals surface area contributed by atoms with Crippen molar-refractivity contribution in [3.05, 3.63) is 72.8 Å². The molecule has 0 radical (unpaired) electrons. The first-order valence-corrected chi connectivity index (χ1v) is 10.2. The van der Waals surface area contributed by atoms with Crippen molar-refractivity contribution in [2.75, 3.05) is 5.08 Å². The van der Waals surface area contributed by atoms with Crippen LogP contribution < -0.4 is 0 Å². The molecule has 0 aromatic heterocycles. The van der Waals surface area contributed by atoms with Gasteiger partial charge in [-0.05, 0) is 33.7 Å². The van der Waals surface area contributed by atoms with Crippen LogP contribution >= 0.6 is 11.8 Å². The Morgan fingerprint density at radius 1 is 0.708 bits per heavy atom. The van der Waals surface area contributed by atoms with Gasteiger partial charge in [-0.3, -0.25) is 4.21 Å². The van der Waals surface area contributed by atoms with Gasteiger partial charge in [-0.15, -0.1) is 11.8 Å². The predicted molar refractivity (Wildman–Crippen MR) is 104 cm³/mol. The molecule has 0 spiro atoms. The highest BCUT2D eigenvalue weighted by atomic mass is 32.2. The molecule has 0 amide bonds. The summed E-state index contributed by atoms with van der Waals surface area (Å²) in [6, 6.07) is 25.3. The van der Waals surface area contributed by atoms with E-state index in [0.717, 1.165) is 10.5 Å². The van der Waals surface area contributed by atoms with E-state index in [0.29, 0.717) is 5.08 Å². The van der Waals surface area contributed by atoms with E-state index in [-0.39, 0.29) is 0 Å². The quantitative estimate of drug-likeness (QED) is 0.398. The third-order valence-corrected chi connectivity index (χ3v) is 7.41. The van der Waals surface area contributed by atoms with Crippen molar-refractivity contribution in [1.29, 1.82) is 0 Å². The van der Waals surface area contributed by atoms with Gasteiger partial charge < -0.3 is 0 Å². The molecule has 3 heteroatoms. The van der Waals surface area contributed by atoms with Crippen molar-refractivity contribution < 1.29 is 4.21 Å². The monoisotopic (exact) mass is 346 g/mol. The van der Waals surface area contributed by atoms with Crippen LogP contribution in [-0.4, -0.2) is 9.29 Å². The third kappa shape index (κ3) is 2.05. The van der Waals surface area contributed by atoms with Gasteiger partial charge in [0.15, 0.2) is 0 Å². The summed E-state index contributed by atoms with van der Waals surface area (Å²) in [6.07, 6.45) is 0. The second-order valence-corrected chi connectivity index (χ2v) is 8.73. The van der Waals surface area contributed by atoms with Gasteiger partial charge in [0, 0.05) is 20.9 Å². The molecule has 1 aliphatic rings. The van der Waals surface area contributed by atoms with Crippen molar-refractivity contribution in [3.8, 4) is 11.1 Å². The lowest BCUT2D eigenvalue weighted by molar-refractivity contribution is 0.686. The lowest BCUT2D eigenvalue weighted by Crippen LogP contribution is -1.95. The van der Waals surface area contributed by atoms with E-state index in [1.165, 1.54) is 32.0 Å². The van der Waals surface area contributed by atoms with Crippen molar-refractivity contribution in [2.45, 2.75) is 9.79 Å². The Kier molecular flexibility index (Phi) is 3.25. The molecule has 0 saturated heterocycles. The fraction of sp³-hybridized carbons (Fsp3) is 0.0476. The number of hydrogen-bond acceptors (Lipinski definition) is 2. The predicted octanol–water partition coefficient (Wildman–Crippen LogP) is 5.83. The maximum Gasteiger partial charge on any atom is 0.0786 e. The molecule has 0 aliphatic carbocycles. The van der Waals surface area contributed by atoms with Crippen LogP contribution in [0.3, 0.4) is 0 Å². The van der Waals surface area contributed by atoms with Crippen molar-refractivity contribution >= 4 is 44.1 Å². The van der Waals surface area contributed by atoms with Crippen LogP contribution in [-0.2, 0) is 10.8 Å². The highest BCUT2D eigenvalue weighted by Crippen LogP contribution is 2.46. The smallest absolute Gasteiger partial charge is 0.0786 e. The van der Waals surface area contributed by atoms with Crippen molar-refractivity contribution in [1.82, 2.24) is 0 Å². The number of benzene rings is 4. The lowest BCUT2D eigenvalue weighted by Gasteiger charge is -2.14. The molecule has 0 bridgehead atoms. The largest absolute Gasteiger partial charge is 0.253 e. The summed E-state index contributed by atoms with van der Waals surface area (Å²) in [5.41, 5.74) is 2.37. The number of hydrogen-bond donors (Lipinski definition) is 0. The first-order valence-electron chi connectivity index (χ1n) is 7.88. The van der Waals surface area contributed by atoms with E-state index in [1.807, 2.05) is 6.07 Å². The third-order valence-electron chi connectivity index (χ3n) is 4.60. The van der Waals surface area contributed by atoms with Gasteiger partial charge in [0.1, 0.15) is 0 Å². The summed E-state index contributed by atoms with van der Waals surface area (Å²) < 4.78 is 12.8. The Labute approximate surface area is 147 Å². The van der Waals surface area contributed by atoms with E-state index in [2.05, 4.69) is 66.7 Å². The summed E-state index contributed by atoms with van der Waals surface area (Å²) >= 11 is 1.70. The second kappa shape index (κ2) is 5.47. The van der Waals surface area contributed by atoms with Gasteiger partial charge in [0.05, 0.1) is 15.9 Å². The minimum Gasteiger partial charge on any atom is -0.253 e. The Morgan fingerprint density at radius 2 is 1.33 bits per heavy atom. The van der Waals surface area contributed by atoms with Crippen LogP contribution in [0.4, 0.5) is 0 Å². The van der Waals surface area contributed by atoms with Crippen LogP contribution in [0, 0.1) is 0 Å². The lowest BCUT2D eigenvalue weighted by atomic mass is 9.94. The molecule has 0 saturated carbocycles. The topological polar surface area (TPSA) is 17.1 Å². The molecule has 5 rings (SSSR count). The fourth-order valence-corrected chi connectivity index (χ4v) is 6.13. The molecule has 1 aliphatic heterocycles. The summed E-state index contributed by atoms with van der Waals surface area (Å²) in [5, 5.41) is 5.45. The van der Waals surface area contributed by atoms with Crippen LogP contribution in [0.2, 0.25) is 0 Å². The Morgan fingerprint density at radius 3 is 2.08 bits per heavy atom. The minimum atomic E-state index is -0.995. The Balaban J connectivity index is 2.03. The van der Waals surface area contributed by atoms with Gasteiger partial charge >= 0.3 is 0 Å². The SMILES string of the molecule is O=S1CSc2ccc3ccccc3c2-c2c1ccc1ccccc21. The first kappa shape index (κ1) is 14.3.